The van der Waals surface area contributed by atoms with Gasteiger partial charge in [-0.2, -0.15) is 0 Å². The smallest absolute Gasteiger partial charge is 0.240 e. The van der Waals surface area contributed by atoms with Gasteiger partial charge in [0, 0.05) is 32.2 Å². The van der Waals surface area contributed by atoms with Gasteiger partial charge in [-0.3, -0.25) is 9.59 Å². The lowest BCUT2D eigenvalue weighted by Gasteiger charge is -2.40. The largest absolute Gasteiger partial charge is 0.343 e. The van der Waals surface area contributed by atoms with Crippen molar-refractivity contribution in [2.75, 3.05) is 26.2 Å². The van der Waals surface area contributed by atoms with Gasteiger partial charge in [-0.1, -0.05) is 30.7 Å². The molecule has 0 aromatic heterocycles. The van der Waals surface area contributed by atoms with Crippen molar-refractivity contribution in [3.8, 4) is 0 Å². The Bertz CT molecular complexity index is 683. The molecular weight excluding hydrogens is 352 g/mol. The minimum Gasteiger partial charge on any atom is -0.343 e. The van der Waals surface area contributed by atoms with Gasteiger partial charge >= 0.3 is 0 Å². The van der Waals surface area contributed by atoms with E-state index < -0.39 is 6.04 Å². The molecule has 28 heavy (non-hydrogen) atoms. The van der Waals surface area contributed by atoms with E-state index in [1.54, 1.807) is 4.90 Å². The summed E-state index contributed by atoms with van der Waals surface area (Å²) in [5.41, 5.74) is 8.49. The van der Waals surface area contributed by atoms with Crippen molar-refractivity contribution in [3.63, 3.8) is 0 Å². The molecule has 152 valence electrons. The second-order valence-electron chi connectivity index (χ2n) is 8.48. The van der Waals surface area contributed by atoms with E-state index in [2.05, 4.69) is 4.90 Å². The molecule has 3 aliphatic heterocycles. The Morgan fingerprint density at radius 3 is 2.14 bits per heavy atom. The number of benzene rings is 1. The summed E-state index contributed by atoms with van der Waals surface area (Å²) in [4.78, 5) is 31.7. The van der Waals surface area contributed by atoms with E-state index in [0.29, 0.717) is 19.1 Å². The molecule has 1 aromatic rings. The SMILES string of the molecule is N[C@@H](CC(=O)N1CCC(N2CCCCC2)CC1)C(=O)N1Cc2ccccc2C1. The third-order valence-electron chi connectivity index (χ3n) is 6.59. The predicted octanol–water partition coefficient (Wildman–Crippen LogP) is 1.72. The van der Waals surface area contributed by atoms with Gasteiger partial charge in [0.2, 0.25) is 11.8 Å². The average molecular weight is 385 g/mol. The minimum atomic E-state index is -0.748. The summed E-state index contributed by atoms with van der Waals surface area (Å²) >= 11 is 0. The number of piperidine rings is 2. The summed E-state index contributed by atoms with van der Waals surface area (Å²) in [7, 11) is 0. The van der Waals surface area contributed by atoms with Gasteiger partial charge in [-0.25, -0.2) is 0 Å². The number of likely N-dealkylation sites (tertiary alicyclic amines) is 2. The summed E-state index contributed by atoms with van der Waals surface area (Å²) in [5.74, 6) is -0.0950. The van der Waals surface area contributed by atoms with Crippen LogP contribution in [0.1, 0.15) is 49.7 Å². The summed E-state index contributed by atoms with van der Waals surface area (Å²) < 4.78 is 0. The van der Waals surface area contributed by atoms with E-state index in [-0.39, 0.29) is 18.2 Å². The Kier molecular flexibility index (Phi) is 5.97. The number of carbonyl (C=O) groups is 2. The van der Waals surface area contributed by atoms with Crippen LogP contribution in [-0.2, 0) is 22.7 Å². The van der Waals surface area contributed by atoms with Gasteiger partial charge in [-0.05, 0) is 49.9 Å². The highest BCUT2D eigenvalue weighted by atomic mass is 16.2. The highest BCUT2D eigenvalue weighted by molar-refractivity contribution is 5.88. The molecule has 4 rings (SSSR count). The third kappa shape index (κ3) is 4.23. The van der Waals surface area contributed by atoms with Crippen LogP contribution in [-0.4, -0.2) is 64.8 Å². The maximum absolute atomic E-state index is 12.7. The number of hydrogen-bond acceptors (Lipinski definition) is 4. The molecule has 3 aliphatic rings. The number of nitrogens with zero attached hydrogens (tertiary/aromatic N) is 3. The molecule has 1 aromatic carbocycles. The lowest BCUT2D eigenvalue weighted by atomic mass is 9.99. The zero-order chi connectivity index (χ0) is 19.5. The molecule has 0 aliphatic carbocycles. The zero-order valence-electron chi connectivity index (χ0n) is 16.7. The maximum atomic E-state index is 12.7. The van der Waals surface area contributed by atoms with E-state index in [9.17, 15) is 9.59 Å². The minimum absolute atomic E-state index is 0.0228. The molecule has 0 bridgehead atoms. The van der Waals surface area contributed by atoms with Crippen LogP contribution >= 0.6 is 0 Å². The Balaban J connectivity index is 1.24. The first-order valence-corrected chi connectivity index (χ1v) is 10.7. The second kappa shape index (κ2) is 8.62. The third-order valence-corrected chi connectivity index (χ3v) is 6.59. The summed E-state index contributed by atoms with van der Waals surface area (Å²) in [6.07, 6.45) is 6.14. The Labute approximate surface area is 167 Å². The van der Waals surface area contributed by atoms with Crippen molar-refractivity contribution in [3.05, 3.63) is 35.4 Å². The van der Waals surface area contributed by atoms with Crippen LogP contribution in [0.15, 0.2) is 24.3 Å². The van der Waals surface area contributed by atoms with E-state index in [4.69, 9.17) is 5.73 Å². The summed E-state index contributed by atoms with van der Waals surface area (Å²) in [5, 5.41) is 0. The van der Waals surface area contributed by atoms with Gasteiger partial charge in [-0.15, -0.1) is 0 Å². The average Bonchev–Trinajstić information content (AvgIpc) is 3.18. The fraction of sp³-hybridized carbons (Fsp3) is 0.636. The molecule has 6 nitrogen and oxygen atoms in total. The lowest BCUT2D eigenvalue weighted by Crippen LogP contribution is -2.50. The monoisotopic (exact) mass is 384 g/mol. The highest BCUT2D eigenvalue weighted by Crippen LogP contribution is 2.24. The molecule has 2 fully saturated rings. The van der Waals surface area contributed by atoms with Gasteiger partial charge in [0.25, 0.3) is 0 Å². The fourth-order valence-electron chi connectivity index (χ4n) is 4.89. The van der Waals surface area contributed by atoms with Crippen LogP contribution in [0.2, 0.25) is 0 Å². The van der Waals surface area contributed by atoms with Crippen LogP contribution < -0.4 is 5.73 Å². The Hall–Kier alpha value is -1.92. The lowest BCUT2D eigenvalue weighted by molar-refractivity contribution is -0.139. The second-order valence-corrected chi connectivity index (χ2v) is 8.48. The van der Waals surface area contributed by atoms with Gasteiger partial charge in [0.1, 0.15) is 0 Å². The number of carbonyl (C=O) groups excluding carboxylic acids is 2. The molecule has 0 spiro atoms. The normalized spacial score (nSPS) is 22.2. The summed E-state index contributed by atoms with van der Waals surface area (Å²) in [6.45, 7) is 5.18. The first kappa shape index (κ1) is 19.4. The van der Waals surface area contributed by atoms with Crippen LogP contribution in [0.4, 0.5) is 0 Å². The number of hydrogen-bond donors (Lipinski definition) is 1. The molecule has 3 heterocycles. The standard InChI is InChI=1S/C22H32N4O2/c23-20(22(28)26-15-17-6-2-3-7-18(17)16-26)14-21(27)25-12-8-19(9-13-25)24-10-4-1-5-11-24/h2-3,6-7,19-20H,1,4-5,8-16,23H2/t20-/m0/s1. The summed E-state index contributed by atoms with van der Waals surface area (Å²) in [6, 6.07) is 7.94. The quantitative estimate of drug-likeness (QED) is 0.858. The van der Waals surface area contributed by atoms with E-state index in [1.165, 1.54) is 43.5 Å². The Morgan fingerprint density at radius 1 is 0.929 bits per heavy atom. The van der Waals surface area contributed by atoms with Crippen LogP contribution in [0, 0.1) is 0 Å². The predicted molar refractivity (Wildman–Crippen MR) is 108 cm³/mol. The molecular formula is C22H32N4O2. The number of rotatable bonds is 4. The molecule has 2 N–H and O–H groups in total. The first-order chi connectivity index (χ1) is 13.6. The topological polar surface area (TPSA) is 69.9 Å². The highest BCUT2D eigenvalue weighted by Gasteiger charge is 2.31. The zero-order valence-corrected chi connectivity index (χ0v) is 16.7. The molecule has 0 saturated carbocycles. The number of nitrogens with two attached hydrogens (primary N) is 1. The Morgan fingerprint density at radius 2 is 1.54 bits per heavy atom. The first-order valence-electron chi connectivity index (χ1n) is 10.7. The molecule has 0 radical (unpaired) electrons. The molecule has 2 amide bonds. The molecule has 0 unspecified atom stereocenters. The van der Waals surface area contributed by atoms with Crippen LogP contribution in [0.3, 0.4) is 0 Å². The van der Waals surface area contributed by atoms with E-state index in [1.807, 2.05) is 29.2 Å². The maximum Gasteiger partial charge on any atom is 0.240 e. The van der Waals surface area contributed by atoms with Gasteiger partial charge in [0.05, 0.1) is 12.5 Å². The van der Waals surface area contributed by atoms with Crippen LogP contribution in [0.5, 0.6) is 0 Å². The van der Waals surface area contributed by atoms with Gasteiger partial charge < -0.3 is 20.4 Å². The van der Waals surface area contributed by atoms with Crippen molar-refractivity contribution in [2.24, 2.45) is 5.73 Å². The van der Waals surface area contributed by atoms with Gasteiger partial charge in [0.15, 0.2) is 0 Å². The number of fused-ring (bicyclic) bond motifs is 1. The van der Waals surface area contributed by atoms with E-state index >= 15 is 0 Å². The fourth-order valence-corrected chi connectivity index (χ4v) is 4.89. The molecule has 6 heteroatoms. The van der Waals surface area contributed by atoms with E-state index in [0.717, 1.165) is 25.9 Å². The van der Waals surface area contributed by atoms with Crippen molar-refractivity contribution >= 4 is 11.8 Å². The van der Waals surface area contributed by atoms with Crippen molar-refractivity contribution in [1.82, 2.24) is 14.7 Å². The molecule has 2 saturated heterocycles. The van der Waals surface area contributed by atoms with Crippen LogP contribution in [0.25, 0.3) is 0 Å². The van der Waals surface area contributed by atoms with Crippen molar-refractivity contribution < 1.29 is 9.59 Å². The van der Waals surface area contributed by atoms with Crippen molar-refractivity contribution in [2.45, 2.75) is 63.7 Å². The van der Waals surface area contributed by atoms with Crippen molar-refractivity contribution in [1.29, 1.82) is 0 Å². The molecule has 1 atom stereocenters. The number of amides is 2.